The molecule has 0 bridgehead atoms. The Balaban J connectivity index is 1.34. The molecule has 12 heteroatoms. The quantitative estimate of drug-likeness (QED) is 0.383. The summed E-state index contributed by atoms with van der Waals surface area (Å²) in [4.78, 5) is 17.2. The van der Waals surface area contributed by atoms with E-state index in [1.165, 1.54) is 16.9 Å². The summed E-state index contributed by atoms with van der Waals surface area (Å²) in [6.45, 7) is 3.45. The van der Waals surface area contributed by atoms with Crippen LogP contribution in [0.4, 0.5) is 10.1 Å². The van der Waals surface area contributed by atoms with Crippen molar-refractivity contribution in [1.29, 1.82) is 0 Å². The van der Waals surface area contributed by atoms with E-state index in [0.717, 1.165) is 0 Å². The van der Waals surface area contributed by atoms with Gasteiger partial charge < -0.3 is 10.1 Å². The van der Waals surface area contributed by atoms with Gasteiger partial charge in [-0.3, -0.25) is 4.79 Å². The van der Waals surface area contributed by atoms with Gasteiger partial charge in [0.1, 0.15) is 17.3 Å². The number of para-hydroxylation sites is 2. The molecule has 0 spiro atoms. The Bertz CT molecular complexity index is 1520. The first-order valence-corrected chi connectivity index (χ1v) is 10.5. The number of halogens is 1. The van der Waals surface area contributed by atoms with E-state index in [1.807, 2.05) is 12.1 Å². The van der Waals surface area contributed by atoms with Crippen molar-refractivity contribution in [2.75, 3.05) is 5.32 Å². The molecule has 11 nitrogen and oxygen atoms in total. The van der Waals surface area contributed by atoms with Gasteiger partial charge in [0.25, 0.3) is 5.91 Å². The van der Waals surface area contributed by atoms with Crippen LogP contribution in [0.2, 0.25) is 0 Å². The molecule has 0 fully saturated rings. The average molecular weight is 471 g/mol. The second-order valence-electron chi connectivity index (χ2n) is 7.51. The van der Waals surface area contributed by atoms with Gasteiger partial charge in [-0.15, -0.1) is 15.3 Å². The molecule has 3 heterocycles. The Hall–Kier alpha value is -5.00. The second-order valence-corrected chi connectivity index (χ2v) is 7.51. The lowest BCUT2D eigenvalue weighted by atomic mass is 10.2. The average Bonchev–Trinajstić information content (AvgIpc) is 3.52. The van der Waals surface area contributed by atoms with Gasteiger partial charge in [0.15, 0.2) is 5.69 Å². The van der Waals surface area contributed by atoms with E-state index in [1.54, 1.807) is 50.2 Å². The summed E-state index contributed by atoms with van der Waals surface area (Å²) in [5.74, 6) is 0.242. The van der Waals surface area contributed by atoms with Crippen LogP contribution in [0.1, 0.15) is 21.7 Å². The van der Waals surface area contributed by atoms with Crippen LogP contribution in [-0.4, -0.2) is 46.5 Å². The standard InChI is InChI=1S/C23H18FN9O2/c1-13-11-20(35-19-10-6-3-7-15(19)22-28-30-31-29-22)25-12-17(13)26-23(34)21-14(2)33(32-27-21)18-9-5-4-8-16(18)24/h3-12H,1-2H3,(H,26,34)(H,28,29,30,31). The third kappa shape index (κ3) is 4.31. The zero-order chi connectivity index (χ0) is 24.4. The number of rotatable bonds is 6. The SMILES string of the molecule is Cc1cc(Oc2ccccc2-c2nn[nH]n2)ncc1NC(=O)c1nnn(-c2ccccc2F)c1C. The fourth-order valence-corrected chi connectivity index (χ4v) is 3.42. The van der Waals surface area contributed by atoms with Gasteiger partial charge >= 0.3 is 0 Å². The summed E-state index contributed by atoms with van der Waals surface area (Å²) >= 11 is 0. The summed E-state index contributed by atoms with van der Waals surface area (Å²) < 4.78 is 21.4. The molecule has 2 aromatic carbocycles. The molecule has 1 amide bonds. The fourth-order valence-electron chi connectivity index (χ4n) is 3.42. The van der Waals surface area contributed by atoms with E-state index in [9.17, 15) is 9.18 Å². The minimum Gasteiger partial charge on any atom is -0.438 e. The number of anilines is 1. The highest BCUT2D eigenvalue weighted by atomic mass is 19.1. The van der Waals surface area contributed by atoms with Gasteiger partial charge in [-0.25, -0.2) is 14.1 Å². The Morgan fingerprint density at radius 3 is 2.66 bits per heavy atom. The highest BCUT2D eigenvalue weighted by molar-refractivity contribution is 6.03. The molecular weight excluding hydrogens is 453 g/mol. The van der Waals surface area contributed by atoms with Crippen molar-refractivity contribution in [3.63, 3.8) is 0 Å². The van der Waals surface area contributed by atoms with Crippen LogP contribution < -0.4 is 10.1 Å². The first-order valence-electron chi connectivity index (χ1n) is 10.5. The van der Waals surface area contributed by atoms with Crippen molar-refractivity contribution >= 4 is 11.6 Å². The van der Waals surface area contributed by atoms with E-state index < -0.39 is 11.7 Å². The van der Waals surface area contributed by atoms with Gasteiger partial charge in [-0.1, -0.05) is 29.5 Å². The molecule has 35 heavy (non-hydrogen) atoms. The number of ether oxygens (including phenoxy) is 1. The summed E-state index contributed by atoms with van der Waals surface area (Å²) in [7, 11) is 0. The molecule has 5 aromatic rings. The van der Waals surface area contributed by atoms with Gasteiger partial charge in [-0.2, -0.15) is 5.21 Å². The molecule has 0 radical (unpaired) electrons. The number of aromatic nitrogens is 8. The van der Waals surface area contributed by atoms with E-state index in [0.29, 0.717) is 40.0 Å². The van der Waals surface area contributed by atoms with E-state index in [-0.39, 0.29) is 11.4 Å². The number of pyridine rings is 1. The van der Waals surface area contributed by atoms with Crippen molar-refractivity contribution in [2.24, 2.45) is 0 Å². The largest absolute Gasteiger partial charge is 0.438 e. The summed E-state index contributed by atoms with van der Waals surface area (Å²) in [6.07, 6.45) is 1.48. The molecule has 0 unspecified atom stereocenters. The summed E-state index contributed by atoms with van der Waals surface area (Å²) in [5, 5.41) is 24.6. The van der Waals surface area contributed by atoms with Crippen molar-refractivity contribution in [2.45, 2.75) is 13.8 Å². The van der Waals surface area contributed by atoms with E-state index >= 15 is 0 Å². The number of aryl methyl sites for hydroxylation is 1. The molecule has 3 aromatic heterocycles. The number of hydrogen-bond donors (Lipinski definition) is 2. The third-order valence-corrected chi connectivity index (χ3v) is 5.21. The van der Waals surface area contributed by atoms with Crippen molar-refractivity contribution in [3.05, 3.63) is 83.6 Å². The number of aromatic amines is 1. The molecule has 0 aliphatic heterocycles. The number of nitrogens with one attached hydrogen (secondary N) is 2. The van der Waals surface area contributed by atoms with E-state index in [4.69, 9.17) is 4.74 Å². The lowest BCUT2D eigenvalue weighted by Gasteiger charge is -2.11. The number of hydrogen-bond acceptors (Lipinski definition) is 8. The van der Waals surface area contributed by atoms with E-state index in [2.05, 4.69) is 41.2 Å². The summed E-state index contributed by atoms with van der Waals surface area (Å²) in [6, 6.07) is 15.0. The molecular formula is C23H18FN9O2. The van der Waals surface area contributed by atoms with Gasteiger partial charge in [0, 0.05) is 6.07 Å². The van der Waals surface area contributed by atoms with Crippen LogP contribution in [0.15, 0.2) is 60.8 Å². The number of H-pyrrole nitrogens is 1. The van der Waals surface area contributed by atoms with Crippen LogP contribution in [0.25, 0.3) is 17.1 Å². The topological polar surface area (TPSA) is 136 Å². The van der Waals surface area contributed by atoms with Crippen LogP contribution in [-0.2, 0) is 0 Å². The number of carbonyl (C=O) groups excluding carboxylic acids is 1. The first kappa shape index (κ1) is 21.8. The molecule has 0 saturated carbocycles. The molecule has 0 aliphatic rings. The van der Waals surface area contributed by atoms with Gasteiger partial charge in [-0.05, 0) is 48.9 Å². The molecule has 5 rings (SSSR count). The van der Waals surface area contributed by atoms with Gasteiger partial charge in [0.05, 0.1) is 23.1 Å². The van der Waals surface area contributed by atoms with Crippen LogP contribution >= 0.6 is 0 Å². The smallest absolute Gasteiger partial charge is 0.278 e. The van der Waals surface area contributed by atoms with Crippen molar-refractivity contribution < 1.29 is 13.9 Å². The Labute approximate surface area is 198 Å². The minimum absolute atomic E-state index is 0.0713. The normalized spacial score (nSPS) is 10.8. The maximum absolute atomic E-state index is 14.1. The molecule has 174 valence electrons. The third-order valence-electron chi connectivity index (χ3n) is 5.21. The Kier molecular flexibility index (Phi) is 5.67. The molecule has 0 aliphatic carbocycles. The molecule has 0 atom stereocenters. The number of benzene rings is 2. The van der Waals surface area contributed by atoms with Crippen molar-refractivity contribution in [3.8, 4) is 28.7 Å². The zero-order valence-electron chi connectivity index (χ0n) is 18.6. The number of amides is 1. The Morgan fingerprint density at radius 1 is 1.09 bits per heavy atom. The number of nitrogens with zero attached hydrogens (tertiary/aromatic N) is 7. The van der Waals surface area contributed by atoms with Crippen molar-refractivity contribution in [1.82, 2.24) is 40.6 Å². The monoisotopic (exact) mass is 471 g/mol. The van der Waals surface area contributed by atoms with Gasteiger partial charge in [0.2, 0.25) is 11.7 Å². The maximum Gasteiger partial charge on any atom is 0.278 e. The highest BCUT2D eigenvalue weighted by Crippen LogP contribution is 2.31. The summed E-state index contributed by atoms with van der Waals surface area (Å²) in [5.41, 5.74) is 2.50. The maximum atomic E-state index is 14.1. The predicted octanol–water partition coefficient (Wildman–Crippen LogP) is 3.64. The highest BCUT2D eigenvalue weighted by Gasteiger charge is 2.20. The fraction of sp³-hybridized carbons (Fsp3) is 0.0870. The lowest BCUT2D eigenvalue weighted by molar-refractivity contribution is 0.102. The molecule has 0 saturated heterocycles. The van der Waals surface area contributed by atoms with Crippen LogP contribution in [0, 0.1) is 19.7 Å². The Morgan fingerprint density at radius 2 is 1.89 bits per heavy atom. The zero-order valence-corrected chi connectivity index (χ0v) is 18.6. The van der Waals surface area contributed by atoms with Crippen LogP contribution in [0.5, 0.6) is 11.6 Å². The predicted molar refractivity (Wildman–Crippen MR) is 123 cm³/mol. The lowest BCUT2D eigenvalue weighted by Crippen LogP contribution is -2.15. The molecule has 2 N–H and O–H groups in total. The minimum atomic E-state index is -0.494. The van der Waals surface area contributed by atoms with Crippen LogP contribution in [0.3, 0.4) is 0 Å². The number of tetrazole rings is 1. The number of carbonyl (C=O) groups is 1. The first-order chi connectivity index (χ1) is 17.0. The second kappa shape index (κ2) is 9.09.